The minimum atomic E-state index is -0.184. The molecule has 0 radical (unpaired) electrons. The van der Waals surface area contributed by atoms with Crippen LogP contribution in [0.1, 0.15) is 50.2 Å². The highest BCUT2D eigenvalue weighted by molar-refractivity contribution is 5.98. The van der Waals surface area contributed by atoms with Crippen molar-refractivity contribution in [3.05, 3.63) is 59.7 Å². The third kappa shape index (κ3) is 4.21. The average molecular weight is 364 g/mol. The van der Waals surface area contributed by atoms with Gasteiger partial charge in [-0.05, 0) is 48.6 Å². The second-order valence-corrected chi connectivity index (χ2v) is 7.41. The Morgan fingerprint density at radius 2 is 1.93 bits per heavy atom. The molecule has 1 N–H and O–H groups in total. The molecule has 1 heterocycles. The van der Waals surface area contributed by atoms with E-state index in [-0.39, 0.29) is 23.7 Å². The van der Waals surface area contributed by atoms with Gasteiger partial charge in [0.2, 0.25) is 11.8 Å². The zero-order valence-corrected chi connectivity index (χ0v) is 16.4. The van der Waals surface area contributed by atoms with Crippen LogP contribution in [0.2, 0.25) is 0 Å². The van der Waals surface area contributed by atoms with Crippen LogP contribution in [0.25, 0.3) is 0 Å². The van der Waals surface area contributed by atoms with Crippen LogP contribution in [0, 0.1) is 12.8 Å². The van der Waals surface area contributed by atoms with Crippen molar-refractivity contribution < 1.29 is 9.59 Å². The number of benzene rings is 2. The minimum absolute atomic E-state index is 0.0138. The molecule has 0 spiro atoms. The van der Waals surface area contributed by atoms with Gasteiger partial charge < -0.3 is 10.2 Å². The van der Waals surface area contributed by atoms with Gasteiger partial charge in [-0.1, -0.05) is 50.6 Å². The number of carbonyl (C=O) groups is 2. The Morgan fingerprint density at radius 3 is 2.52 bits per heavy atom. The molecule has 0 saturated carbocycles. The Balaban J connectivity index is 1.79. The van der Waals surface area contributed by atoms with E-state index in [1.807, 2.05) is 60.4 Å². The van der Waals surface area contributed by atoms with Gasteiger partial charge >= 0.3 is 0 Å². The number of nitrogens with zero attached hydrogens (tertiary/aromatic N) is 1. The van der Waals surface area contributed by atoms with Crippen molar-refractivity contribution in [1.29, 1.82) is 0 Å². The van der Waals surface area contributed by atoms with E-state index in [1.54, 1.807) is 0 Å². The molecule has 1 fully saturated rings. The summed E-state index contributed by atoms with van der Waals surface area (Å²) in [5.41, 5.74) is 3.76. The van der Waals surface area contributed by atoms with Gasteiger partial charge in [0.1, 0.15) is 0 Å². The molecule has 1 aliphatic heterocycles. The molecule has 1 aliphatic rings. The molecule has 2 atom stereocenters. The predicted molar refractivity (Wildman–Crippen MR) is 110 cm³/mol. The lowest BCUT2D eigenvalue weighted by molar-refractivity contribution is -0.119. The van der Waals surface area contributed by atoms with Gasteiger partial charge in [-0.2, -0.15) is 0 Å². The quantitative estimate of drug-likeness (QED) is 0.793. The number of nitrogens with one attached hydrogen (secondary N) is 1. The van der Waals surface area contributed by atoms with Crippen molar-refractivity contribution in [2.45, 2.75) is 46.0 Å². The number of hydrogen-bond acceptors (Lipinski definition) is 2. The van der Waals surface area contributed by atoms with Crippen molar-refractivity contribution in [2.75, 3.05) is 16.8 Å². The van der Waals surface area contributed by atoms with E-state index in [4.69, 9.17) is 0 Å². The fraction of sp³-hybridized carbons (Fsp3) is 0.391. The summed E-state index contributed by atoms with van der Waals surface area (Å²) in [6, 6.07) is 15.7. The third-order valence-corrected chi connectivity index (χ3v) is 5.48. The summed E-state index contributed by atoms with van der Waals surface area (Å²) in [4.78, 5) is 26.9. The van der Waals surface area contributed by atoms with Gasteiger partial charge in [-0.3, -0.25) is 9.59 Å². The smallest absolute Gasteiger partial charge is 0.232 e. The first-order valence-corrected chi connectivity index (χ1v) is 9.78. The third-order valence-electron chi connectivity index (χ3n) is 5.48. The summed E-state index contributed by atoms with van der Waals surface area (Å²) in [6.07, 6.45) is 2.46. The van der Waals surface area contributed by atoms with Gasteiger partial charge in [0.15, 0.2) is 0 Å². The molecule has 0 bridgehead atoms. The average Bonchev–Trinajstić information content (AvgIpc) is 3.08. The van der Waals surface area contributed by atoms with Crippen LogP contribution in [0.3, 0.4) is 0 Å². The molecule has 3 rings (SSSR count). The van der Waals surface area contributed by atoms with Crippen molar-refractivity contribution >= 4 is 23.2 Å². The van der Waals surface area contributed by atoms with Crippen LogP contribution >= 0.6 is 0 Å². The summed E-state index contributed by atoms with van der Waals surface area (Å²) in [5.74, 6) is 0.252. The van der Waals surface area contributed by atoms with Gasteiger partial charge in [0.25, 0.3) is 0 Å². The normalized spacial score (nSPS) is 16.3. The molecule has 142 valence electrons. The SMILES string of the molecule is CC[C@@H](C)[C@@H](C(=O)Nc1ccc(N2CCCC2=O)c(C)c1)c1ccccc1. The second kappa shape index (κ2) is 8.38. The lowest BCUT2D eigenvalue weighted by Crippen LogP contribution is -2.27. The monoisotopic (exact) mass is 364 g/mol. The van der Waals surface area contributed by atoms with Crippen molar-refractivity contribution in [1.82, 2.24) is 0 Å². The molecule has 2 aromatic rings. The molecule has 4 heteroatoms. The number of aryl methyl sites for hydroxylation is 1. The molecule has 2 aromatic carbocycles. The number of rotatable bonds is 6. The molecule has 1 saturated heterocycles. The van der Waals surface area contributed by atoms with Gasteiger partial charge in [-0.15, -0.1) is 0 Å². The van der Waals surface area contributed by atoms with Crippen molar-refractivity contribution in [3.8, 4) is 0 Å². The molecule has 4 nitrogen and oxygen atoms in total. The van der Waals surface area contributed by atoms with E-state index in [2.05, 4.69) is 19.2 Å². The van der Waals surface area contributed by atoms with Gasteiger partial charge in [0, 0.05) is 24.3 Å². The van der Waals surface area contributed by atoms with E-state index in [1.165, 1.54) is 0 Å². The number of amides is 2. The maximum Gasteiger partial charge on any atom is 0.232 e. The van der Waals surface area contributed by atoms with Crippen LogP contribution in [0.15, 0.2) is 48.5 Å². The maximum absolute atomic E-state index is 13.0. The largest absolute Gasteiger partial charge is 0.326 e. The number of hydrogen-bond donors (Lipinski definition) is 1. The Kier molecular flexibility index (Phi) is 5.94. The number of carbonyl (C=O) groups excluding carboxylic acids is 2. The Labute approximate surface area is 161 Å². The van der Waals surface area contributed by atoms with E-state index < -0.39 is 0 Å². The predicted octanol–water partition coefficient (Wildman–Crippen LogP) is 4.89. The van der Waals surface area contributed by atoms with E-state index in [9.17, 15) is 9.59 Å². The Hall–Kier alpha value is -2.62. The topological polar surface area (TPSA) is 49.4 Å². The zero-order chi connectivity index (χ0) is 19.4. The first-order chi connectivity index (χ1) is 13.0. The first-order valence-electron chi connectivity index (χ1n) is 9.78. The molecule has 0 unspecified atom stereocenters. The summed E-state index contributed by atoms with van der Waals surface area (Å²) < 4.78 is 0. The number of anilines is 2. The lowest BCUT2D eigenvalue weighted by Gasteiger charge is -2.23. The van der Waals surface area contributed by atoms with E-state index in [0.29, 0.717) is 6.42 Å². The van der Waals surface area contributed by atoms with Crippen LogP contribution in [-0.4, -0.2) is 18.4 Å². The van der Waals surface area contributed by atoms with Crippen molar-refractivity contribution in [3.63, 3.8) is 0 Å². The van der Waals surface area contributed by atoms with E-state index in [0.717, 1.165) is 41.9 Å². The molecular weight excluding hydrogens is 336 g/mol. The van der Waals surface area contributed by atoms with Crippen LogP contribution < -0.4 is 10.2 Å². The highest BCUT2D eigenvalue weighted by Crippen LogP contribution is 2.30. The van der Waals surface area contributed by atoms with Crippen molar-refractivity contribution in [2.24, 2.45) is 5.92 Å². The standard InChI is InChI=1S/C23H28N2O2/c1-4-16(2)22(18-9-6-5-7-10-18)23(27)24-19-12-13-20(17(3)15-19)25-14-8-11-21(25)26/h5-7,9-10,12-13,15-16,22H,4,8,11,14H2,1-3H3,(H,24,27)/t16-,22-/m1/s1. The summed E-state index contributed by atoms with van der Waals surface area (Å²) >= 11 is 0. The first kappa shape index (κ1) is 19.2. The Morgan fingerprint density at radius 1 is 1.19 bits per heavy atom. The lowest BCUT2D eigenvalue weighted by atomic mass is 9.85. The highest BCUT2D eigenvalue weighted by Gasteiger charge is 2.26. The molecule has 2 amide bonds. The van der Waals surface area contributed by atoms with Crippen LogP contribution in [-0.2, 0) is 9.59 Å². The second-order valence-electron chi connectivity index (χ2n) is 7.41. The minimum Gasteiger partial charge on any atom is -0.326 e. The van der Waals surface area contributed by atoms with Gasteiger partial charge in [0.05, 0.1) is 5.92 Å². The molecular formula is C23H28N2O2. The summed E-state index contributed by atoms with van der Waals surface area (Å²) in [6.45, 7) is 6.99. The fourth-order valence-electron chi connectivity index (χ4n) is 3.79. The highest BCUT2D eigenvalue weighted by atomic mass is 16.2. The molecule has 0 aromatic heterocycles. The van der Waals surface area contributed by atoms with Crippen LogP contribution in [0.4, 0.5) is 11.4 Å². The van der Waals surface area contributed by atoms with E-state index >= 15 is 0 Å². The maximum atomic E-state index is 13.0. The van der Waals surface area contributed by atoms with Gasteiger partial charge in [-0.25, -0.2) is 0 Å². The fourth-order valence-corrected chi connectivity index (χ4v) is 3.79. The molecule has 0 aliphatic carbocycles. The zero-order valence-electron chi connectivity index (χ0n) is 16.4. The molecule has 27 heavy (non-hydrogen) atoms. The van der Waals surface area contributed by atoms with Crippen LogP contribution in [0.5, 0.6) is 0 Å². The summed E-state index contributed by atoms with van der Waals surface area (Å²) in [7, 11) is 0. The summed E-state index contributed by atoms with van der Waals surface area (Å²) in [5, 5.41) is 3.08. The Bertz CT molecular complexity index is 816.